The second kappa shape index (κ2) is 9.50. The SMILES string of the molecule is [2H]C([2H])([2H])OC([2H])([2H])[C@@H]1Cn2cc(-c3nc(Nc4ccnn4C)ncc3C)nc2C(=O)N1C([2H])([2H])c1ccc(C)c(F)c1. The fourth-order valence-corrected chi connectivity index (χ4v) is 3.82. The lowest BCUT2D eigenvalue weighted by molar-refractivity contribution is 0.0380. The third kappa shape index (κ3) is 4.44. The predicted octanol–water partition coefficient (Wildman–Crippen LogP) is 3.24. The largest absolute Gasteiger partial charge is 0.382 e. The number of carbonyl (C=O) groups excluding carboxylic acids is 1. The molecule has 1 N–H and O–H groups in total. The first-order valence-corrected chi connectivity index (χ1v) is 10.9. The van der Waals surface area contributed by atoms with Gasteiger partial charge in [0.25, 0.3) is 5.91 Å². The molecule has 1 aliphatic heterocycles. The maximum Gasteiger partial charge on any atom is 0.290 e. The lowest BCUT2D eigenvalue weighted by Crippen LogP contribution is -2.49. The van der Waals surface area contributed by atoms with Crippen molar-refractivity contribution in [3.05, 3.63) is 71.2 Å². The average molecular weight is 498 g/mol. The van der Waals surface area contributed by atoms with Gasteiger partial charge in [-0.05, 0) is 36.6 Å². The second-order valence-corrected chi connectivity index (χ2v) is 8.28. The molecule has 36 heavy (non-hydrogen) atoms. The highest BCUT2D eigenvalue weighted by Gasteiger charge is 2.35. The zero-order valence-corrected chi connectivity index (χ0v) is 19.7. The van der Waals surface area contributed by atoms with Gasteiger partial charge < -0.3 is 19.5 Å². The highest BCUT2D eigenvalue weighted by molar-refractivity contribution is 5.92. The van der Waals surface area contributed by atoms with E-state index in [1.165, 1.54) is 29.8 Å². The van der Waals surface area contributed by atoms with E-state index in [4.69, 9.17) is 14.3 Å². The quantitative estimate of drug-likeness (QED) is 0.418. The normalized spacial score (nSPS) is 19.3. The molecule has 0 fully saturated rings. The third-order valence-corrected chi connectivity index (χ3v) is 5.76. The Morgan fingerprint density at radius 2 is 2.14 bits per heavy atom. The number of nitrogens with zero attached hydrogens (tertiary/aromatic N) is 7. The predicted molar refractivity (Wildman–Crippen MR) is 131 cm³/mol. The van der Waals surface area contributed by atoms with Gasteiger partial charge >= 0.3 is 0 Å². The molecule has 1 amide bonds. The summed E-state index contributed by atoms with van der Waals surface area (Å²) < 4.78 is 79.2. The van der Waals surface area contributed by atoms with Gasteiger partial charge in [-0.15, -0.1) is 0 Å². The Hall–Kier alpha value is -4.12. The molecule has 0 saturated carbocycles. The van der Waals surface area contributed by atoms with Crippen LogP contribution in [0, 0.1) is 19.7 Å². The maximum atomic E-state index is 14.5. The smallest absolute Gasteiger partial charge is 0.290 e. The van der Waals surface area contributed by atoms with E-state index < -0.39 is 44.4 Å². The number of anilines is 2. The van der Waals surface area contributed by atoms with Gasteiger partial charge in [0.1, 0.15) is 17.3 Å². The zero-order valence-electron chi connectivity index (χ0n) is 26.7. The molecule has 1 aliphatic rings. The van der Waals surface area contributed by atoms with Crippen LogP contribution >= 0.6 is 0 Å². The Balaban J connectivity index is 1.59. The molecule has 0 radical (unpaired) electrons. The van der Waals surface area contributed by atoms with Gasteiger partial charge in [-0.25, -0.2) is 19.3 Å². The van der Waals surface area contributed by atoms with Crippen LogP contribution in [0.15, 0.2) is 42.9 Å². The Kier molecular flexibility index (Phi) is 4.36. The van der Waals surface area contributed by atoms with Crippen molar-refractivity contribution in [1.82, 2.24) is 34.2 Å². The summed E-state index contributed by atoms with van der Waals surface area (Å²) in [6.45, 7) is -3.09. The molecular weight excluding hydrogens is 463 g/mol. The number of benzene rings is 1. The topological polar surface area (TPSA) is 103 Å². The van der Waals surface area contributed by atoms with E-state index in [1.54, 1.807) is 37.1 Å². The summed E-state index contributed by atoms with van der Waals surface area (Å²) in [4.78, 5) is 27.7. The number of fused-ring (bicyclic) bond motifs is 1. The molecule has 3 aromatic heterocycles. The van der Waals surface area contributed by atoms with E-state index in [-0.39, 0.29) is 28.6 Å². The van der Waals surface area contributed by atoms with Crippen molar-refractivity contribution < 1.29 is 23.5 Å². The number of nitrogens with one attached hydrogen (secondary N) is 1. The number of rotatable bonds is 7. The van der Waals surface area contributed by atoms with Crippen molar-refractivity contribution in [3.8, 4) is 11.4 Å². The van der Waals surface area contributed by atoms with Crippen molar-refractivity contribution in [3.63, 3.8) is 0 Å². The van der Waals surface area contributed by atoms with Gasteiger partial charge in [-0.3, -0.25) is 9.48 Å². The molecule has 4 heterocycles. The van der Waals surface area contributed by atoms with Gasteiger partial charge in [-0.2, -0.15) is 5.10 Å². The average Bonchev–Trinajstić information content (AvgIpc) is 3.51. The van der Waals surface area contributed by atoms with Crippen molar-refractivity contribution in [1.29, 1.82) is 0 Å². The van der Waals surface area contributed by atoms with E-state index in [0.717, 1.165) is 6.07 Å². The van der Waals surface area contributed by atoms with Gasteiger partial charge in [-0.1, -0.05) is 12.1 Å². The number of ether oxygens (including phenoxy) is 1. The van der Waals surface area contributed by atoms with Crippen LogP contribution in [0.5, 0.6) is 0 Å². The molecule has 10 nitrogen and oxygen atoms in total. The first kappa shape index (κ1) is 16.5. The summed E-state index contributed by atoms with van der Waals surface area (Å²) in [7, 11) is -1.48. The molecule has 4 aromatic rings. The van der Waals surface area contributed by atoms with Gasteiger partial charge in [0.15, 0.2) is 5.82 Å². The van der Waals surface area contributed by atoms with Crippen LogP contribution in [0.3, 0.4) is 0 Å². The number of amides is 1. The van der Waals surface area contributed by atoms with E-state index in [2.05, 4.69) is 25.4 Å². The molecule has 11 heteroatoms. The Morgan fingerprint density at radius 3 is 2.89 bits per heavy atom. The minimum atomic E-state index is -3.21. The van der Waals surface area contributed by atoms with Crippen LogP contribution in [0.1, 0.15) is 36.9 Å². The molecular formula is C25H27FN8O2. The van der Waals surface area contributed by atoms with Crippen LogP contribution in [0.25, 0.3) is 11.4 Å². The first-order chi connectivity index (χ1) is 20.0. The highest BCUT2D eigenvalue weighted by atomic mass is 19.1. The number of imidazole rings is 1. The summed E-state index contributed by atoms with van der Waals surface area (Å²) in [5, 5.41) is 7.11. The number of carbonyl (C=O) groups is 1. The lowest BCUT2D eigenvalue weighted by atomic mass is 10.1. The van der Waals surface area contributed by atoms with Gasteiger partial charge in [0.05, 0.1) is 34.1 Å². The second-order valence-electron chi connectivity index (χ2n) is 8.28. The first-order valence-electron chi connectivity index (χ1n) is 14.4. The fraction of sp³-hybridized carbons (Fsp3) is 0.320. The fourth-order valence-electron chi connectivity index (χ4n) is 3.82. The Labute approximate surface area is 217 Å². The molecule has 0 unspecified atom stereocenters. The van der Waals surface area contributed by atoms with Crippen molar-refractivity contribution >= 4 is 17.7 Å². The molecule has 1 atom stereocenters. The molecule has 5 rings (SSSR count). The van der Waals surface area contributed by atoms with Gasteiger partial charge in [0.2, 0.25) is 5.95 Å². The molecule has 1 aromatic carbocycles. The molecule has 0 bridgehead atoms. The minimum Gasteiger partial charge on any atom is -0.382 e. The van der Waals surface area contributed by atoms with Crippen LogP contribution in [-0.4, -0.2) is 59.7 Å². The number of halogens is 1. The standard InChI is InChI=1S/C25H27FN8O2/c1-15-5-6-17(9-19(15)26)11-34-18(14-36-4)12-33-13-20(29-23(33)24(34)35)22-16(2)10-27-25(31-22)30-21-7-8-28-32(21)3/h5-10,13,18H,11-12,14H2,1-4H3,(H,27,30,31)/t18-/m0/s1/i4D3,11D2,14D2. The number of hydrogen-bond acceptors (Lipinski definition) is 7. The lowest BCUT2D eigenvalue weighted by Gasteiger charge is -2.35. The summed E-state index contributed by atoms with van der Waals surface area (Å²) in [6, 6.07) is 3.43. The Morgan fingerprint density at radius 1 is 1.28 bits per heavy atom. The van der Waals surface area contributed by atoms with Crippen molar-refractivity contribution in [2.45, 2.75) is 32.9 Å². The summed E-state index contributed by atoms with van der Waals surface area (Å²) in [6.07, 6.45) is 4.57. The number of aryl methyl sites for hydroxylation is 3. The summed E-state index contributed by atoms with van der Waals surface area (Å²) in [5.74, 6) is -1.24. The van der Waals surface area contributed by atoms with E-state index in [1.807, 2.05) is 0 Å². The van der Waals surface area contributed by atoms with Crippen molar-refractivity contribution in [2.75, 3.05) is 18.9 Å². The number of aromatic nitrogens is 6. The number of hydrogen-bond donors (Lipinski definition) is 1. The molecule has 186 valence electrons. The van der Waals surface area contributed by atoms with E-state index >= 15 is 0 Å². The van der Waals surface area contributed by atoms with Crippen LogP contribution in [0.2, 0.25) is 0 Å². The zero-order chi connectivity index (χ0) is 31.5. The summed E-state index contributed by atoms with van der Waals surface area (Å²) >= 11 is 0. The van der Waals surface area contributed by atoms with E-state index in [9.17, 15) is 9.18 Å². The number of methoxy groups -OCH3 is 1. The van der Waals surface area contributed by atoms with Gasteiger partial charge in [0, 0.05) is 45.6 Å². The van der Waals surface area contributed by atoms with E-state index in [0.29, 0.717) is 22.0 Å². The van der Waals surface area contributed by atoms with Crippen LogP contribution in [-0.2, 0) is 24.8 Å². The third-order valence-electron chi connectivity index (χ3n) is 5.76. The maximum absolute atomic E-state index is 14.5. The minimum absolute atomic E-state index is 0.205. The molecule has 0 spiro atoms. The molecule has 0 aliphatic carbocycles. The van der Waals surface area contributed by atoms with Crippen LogP contribution in [0.4, 0.5) is 16.2 Å². The van der Waals surface area contributed by atoms with Crippen molar-refractivity contribution in [2.24, 2.45) is 7.05 Å². The molecule has 0 saturated heterocycles. The highest BCUT2D eigenvalue weighted by Crippen LogP contribution is 2.27. The Bertz CT molecular complexity index is 1700. The monoisotopic (exact) mass is 497 g/mol. The summed E-state index contributed by atoms with van der Waals surface area (Å²) in [5.41, 5.74) is 1.09. The van der Waals surface area contributed by atoms with Crippen LogP contribution < -0.4 is 5.32 Å².